The standard InChI is InChI=1S/C17H13N3O4/c21-17(22)11-2-3-13-12(6-11)16(20-8-19-13)18-7-10-1-4-14-15(5-10)24-9-23-14/h1-6,8H,7,9H2,(H,21,22)(H,18,19,20). The fraction of sp³-hybridized carbons (Fsp3) is 0.118. The molecular weight excluding hydrogens is 310 g/mol. The van der Waals surface area contributed by atoms with Crippen LogP contribution in [-0.4, -0.2) is 27.8 Å². The Hall–Kier alpha value is -3.35. The Bertz CT molecular complexity index is 942. The minimum atomic E-state index is -0.984. The van der Waals surface area contributed by atoms with Crippen LogP contribution in [0.3, 0.4) is 0 Å². The molecule has 0 unspecified atom stereocenters. The number of hydrogen-bond acceptors (Lipinski definition) is 6. The molecule has 7 nitrogen and oxygen atoms in total. The summed E-state index contributed by atoms with van der Waals surface area (Å²) < 4.78 is 10.7. The highest BCUT2D eigenvalue weighted by Crippen LogP contribution is 2.32. The number of ether oxygens (including phenoxy) is 2. The maximum Gasteiger partial charge on any atom is 0.335 e. The normalized spacial score (nSPS) is 12.3. The molecule has 0 spiro atoms. The van der Waals surface area contributed by atoms with Crippen LogP contribution in [0, 0.1) is 0 Å². The van der Waals surface area contributed by atoms with Crippen LogP contribution in [-0.2, 0) is 6.54 Å². The van der Waals surface area contributed by atoms with Gasteiger partial charge in [-0.05, 0) is 35.9 Å². The van der Waals surface area contributed by atoms with Gasteiger partial charge in [0.05, 0.1) is 11.1 Å². The summed E-state index contributed by atoms with van der Waals surface area (Å²) in [4.78, 5) is 19.5. The molecule has 0 fully saturated rings. The van der Waals surface area contributed by atoms with E-state index in [2.05, 4.69) is 15.3 Å². The van der Waals surface area contributed by atoms with Crippen LogP contribution in [0.1, 0.15) is 15.9 Å². The number of fused-ring (bicyclic) bond motifs is 2. The van der Waals surface area contributed by atoms with Crippen molar-refractivity contribution in [2.24, 2.45) is 0 Å². The number of carbonyl (C=O) groups is 1. The quantitative estimate of drug-likeness (QED) is 0.762. The number of rotatable bonds is 4. The fourth-order valence-corrected chi connectivity index (χ4v) is 2.57. The number of carboxylic acid groups (broad SMARTS) is 1. The van der Waals surface area contributed by atoms with Gasteiger partial charge in [-0.1, -0.05) is 6.07 Å². The predicted molar refractivity (Wildman–Crippen MR) is 86.4 cm³/mol. The third kappa shape index (κ3) is 2.56. The Labute approximate surface area is 136 Å². The van der Waals surface area contributed by atoms with E-state index >= 15 is 0 Å². The summed E-state index contributed by atoms with van der Waals surface area (Å²) >= 11 is 0. The van der Waals surface area contributed by atoms with E-state index in [0.717, 1.165) is 17.1 Å². The van der Waals surface area contributed by atoms with Crippen molar-refractivity contribution in [3.63, 3.8) is 0 Å². The molecule has 0 radical (unpaired) electrons. The van der Waals surface area contributed by atoms with Crippen molar-refractivity contribution in [2.75, 3.05) is 12.1 Å². The maximum atomic E-state index is 11.2. The van der Waals surface area contributed by atoms with E-state index in [0.29, 0.717) is 23.3 Å². The summed E-state index contributed by atoms with van der Waals surface area (Å²) in [6.45, 7) is 0.751. The number of hydrogen-bond donors (Lipinski definition) is 2. The molecule has 2 heterocycles. The van der Waals surface area contributed by atoms with Crippen molar-refractivity contribution in [2.45, 2.75) is 6.54 Å². The van der Waals surface area contributed by atoms with Gasteiger partial charge in [0, 0.05) is 11.9 Å². The lowest BCUT2D eigenvalue weighted by Gasteiger charge is -2.09. The smallest absolute Gasteiger partial charge is 0.335 e. The van der Waals surface area contributed by atoms with Crippen LogP contribution >= 0.6 is 0 Å². The third-order valence-electron chi connectivity index (χ3n) is 3.78. The second kappa shape index (κ2) is 5.69. The molecule has 3 aromatic rings. The first kappa shape index (κ1) is 14.3. The van der Waals surface area contributed by atoms with Gasteiger partial charge in [-0.2, -0.15) is 0 Å². The van der Waals surface area contributed by atoms with Crippen LogP contribution in [0.2, 0.25) is 0 Å². The van der Waals surface area contributed by atoms with Gasteiger partial charge in [-0.15, -0.1) is 0 Å². The molecule has 0 bridgehead atoms. The number of benzene rings is 2. The van der Waals surface area contributed by atoms with Gasteiger partial charge in [0.15, 0.2) is 11.5 Å². The third-order valence-corrected chi connectivity index (χ3v) is 3.78. The first-order valence-electron chi connectivity index (χ1n) is 7.31. The molecule has 4 rings (SSSR count). The first-order valence-corrected chi connectivity index (χ1v) is 7.31. The van der Waals surface area contributed by atoms with Gasteiger partial charge in [0.25, 0.3) is 0 Å². The Morgan fingerprint density at radius 2 is 2.00 bits per heavy atom. The topological polar surface area (TPSA) is 93.6 Å². The fourth-order valence-electron chi connectivity index (χ4n) is 2.57. The average Bonchev–Trinajstić information content (AvgIpc) is 3.07. The molecule has 2 N–H and O–H groups in total. The molecule has 7 heteroatoms. The summed E-state index contributed by atoms with van der Waals surface area (Å²) in [5, 5.41) is 13.0. The van der Waals surface area contributed by atoms with Crippen molar-refractivity contribution in [1.82, 2.24) is 9.97 Å². The molecule has 0 saturated carbocycles. The first-order chi connectivity index (χ1) is 11.7. The number of aromatic carboxylic acids is 1. The zero-order valence-electron chi connectivity index (χ0n) is 12.5. The van der Waals surface area contributed by atoms with Crippen LogP contribution in [0.15, 0.2) is 42.7 Å². The molecule has 0 aliphatic carbocycles. The highest BCUT2D eigenvalue weighted by Gasteiger charge is 2.13. The summed E-state index contributed by atoms with van der Waals surface area (Å²) in [6, 6.07) is 10.5. The highest BCUT2D eigenvalue weighted by molar-refractivity contribution is 5.96. The molecule has 0 saturated heterocycles. The summed E-state index contributed by atoms with van der Waals surface area (Å²) in [7, 11) is 0. The van der Waals surface area contributed by atoms with Gasteiger partial charge in [-0.3, -0.25) is 0 Å². The molecule has 120 valence electrons. The Kier molecular flexibility index (Phi) is 3.38. The lowest BCUT2D eigenvalue weighted by atomic mass is 10.1. The maximum absolute atomic E-state index is 11.2. The second-order valence-electron chi connectivity index (χ2n) is 5.30. The number of carboxylic acids is 1. The van der Waals surface area contributed by atoms with E-state index in [-0.39, 0.29) is 12.4 Å². The molecule has 2 aromatic carbocycles. The summed E-state index contributed by atoms with van der Waals surface area (Å²) in [5.74, 6) is 1.05. The zero-order valence-corrected chi connectivity index (χ0v) is 12.5. The van der Waals surface area contributed by atoms with E-state index in [1.165, 1.54) is 12.4 Å². The van der Waals surface area contributed by atoms with E-state index in [1.54, 1.807) is 12.1 Å². The Morgan fingerprint density at radius 1 is 1.12 bits per heavy atom. The van der Waals surface area contributed by atoms with Gasteiger partial charge in [-0.25, -0.2) is 14.8 Å². The van der Waals surface area contributed by atoms with Crippen LogP contribution < -0.4 is 14.8 Å². The van der Waals surface area contributed by atoms with Crippen molar-refractivity contribution in [1.29, 1.82) is 0 Å². The Balaban J connectivity index is 1.62. The summed E-state index contributed by atoms with van der Waals surface area (Å²) in [6.07, 6.45) is 1.45. The second-order valence-corrected chi connectivity index (χ2v) is 5.30. The summed E-state index contributed by atoms with van der Waals surface area (Å²) in [5.41, 5.74) is 1.88. The van der Waals surface area contributed by atoms with Gasteiger partial charge < -0.3 is 19.9 Å². The Morgan fingerprint density at radius 3 is 2.88 bits per heavy atom. The van der Waals surface area contributed by atoms with Crippen molar-refractivity contribution in [3.8, 4) is 11.5 Å². The van der Waals surface area contributed by atoms with Crippen LogP contribution in [0.25, 0.3) is 10.9 Å². The minimum absolute atomic E-state index is 0.198. The highest BCUT2D eigenvalue weighted by atomic mass is 16.7. The predicted octanol–water partition coefficient (Wildman–Crippen LogP) is 2.67. The number of nitrogens with zero attached hydrogens (tertiary/aromatic N) is 2. The largest absolute Gasteiger partial charge is 0.478 e. The van der Waals surface area contributed by atoms with Crippen molar-refractivity contribution in [3.05, 3.63) is 53.9 Å². The zero-order chi connectivity index (χ0) is 16.5. The molecular formula is C17H13N3O4. The average molecular weight is 323 g/mol. The number of aromatic nitrogens is 2. The molecule has 0 amide bonds. The number of nitrogens with one attached hydrogen (secondary N) is 1. The van der Waals surface area contributed by atoms with Crippen LogP contribution in [0.5, 0.6) is 11.5 Å². The van der Waals surface area contributed by atoms with Crippen molar-refractivity contribution >= 4 is 22.7 Å². The number of anilines is 1. The monoisotopic (exact) mass is 323 g/mol. The van der Waals surface area contributed by atoms with E-state index in [4.69, 9.17) is 14.6 Å². The van der Waals surface area contributed by atoms with E-state index in [9.17, 15) is 4.79 Å². The SMILES string of the molecule is O=C(O)c1ccc2ncnc(NCc3ccc4c(c3)OCO4)c2c1. The van der Waals surface area contributed by atoms with Gasteiger partial charge in [0.1, 0.15) is 12.1 Å². The molecule has 1 aliphatic rings. The molecule has 0 atom stereocenters. The van der Waals surface area contributed by atoms with Gasteiger partial charge >= 0.3 is 5.97 Å². The van der Waals surface area contributed by atoms with Crippen LogP contribution in [0.4, 0.5) is 5.82 Å². The van der Waals surface area contributed by atoms with E-state index < -0.39 is 5.97 Å². The minimum Gasteiger partial charge on any atom is -0.478 e. The molecule has 24 heavy (non-hydrogen) atoms. The van der Waals surface area contributed by atoms with Gasteiger partial charge in [0.2, 0.25) is 6.79 Å². The van der Waals surface area contributed by atoms with E-state index in [1.807, 2.05) is 18.2 Å². The lowest BCUT2D eigenvalue weighted by molar-refractivity contribution is 0.0697. The lowest BCUT2D eigenvalue weighted by Crippen LogP contribution is -2.03. The van der Waals surface area contributed by atoms with Crippen molar-refractivity contribution < 1.29 is 19.4 Å². The molecule has 1 aliphatic heterocycles. The molecule has 1 aromatic heterocycles.